The molecule has 0 aliphatic carbocycles. The topological polar surface area (TPSA) is 157 Å². The van der Waals surface area contributed by atoms with Crippen LogP contribution in [-0.2, 0) is 14.3 Å². The number of anilines is 2. The van der Waals surface area contributed by atoms with Gasteiger partial charge in [0.15, 0.2) is 0 Å². The monoisotopic (exact) mass is 748 g/mol. The summed E-state index contributed by atoms with van der Waals surface area (Å²) in [4.78, 5) is 65.2. The molecule has 4 aromatic carbocycles. The van der Waals surface area contributed by atoms with Crippen molar-refractivity contribution < 1.29 is 28.8 Å². The van der Waals surface area contributed by atoms with Gasteiger partial charge in [-0.25, -0.2) is 4.79 Å². The number of benzene rings is 4. The van der Waals surface area contributed by atoms with Gasteiger partial charge in [-0.1, -0.05) is 73.2 Å². The van der Waals surface area contributed by atoms with E-state index in [1.54, 1.807) is 67.6 Å². The second kappa shape index (κ2) is 17.9. The van der Waals surface area contributed by atoms with Crippen molar-refractivity contribution in [3.05, 3.63) is 147 Å². The van der Waals surface area contributed by atoms with E-state index >= 15 is 0 Å². The molecule has 5 aromatic rings. The van der Waals surface area contributed by atoms with E-state index in [0.29, 0.717) is 38.7 Å². The number of nitro groups is 1. The van der Waals surface area contributed by atoms with Gasteiger partial charge in [-0.15, -0.1) is 23.1 Å². The van der Waals surface area contributed by atoms with Gasteiger partial charge in [0.25, 0.3) is 17.5 Å². The predicted molar refractivity (Wildman–Crippen MR) is 209 cm³/mol. The SMILES string of the molecule is CCOC(=O)c1c(-c2ccc(C)cc2)csc1NC(=O)C(CC)Sc1cccc(NC(=O)/C(=C\c2ccccc2[N+](=O)[O-])NC(=O)c2ccccc2)c1. The van der Waals surface area contributed by atoms with Gasteiger partial charge in [-0.2, -0.15) is 0 Å². The standard InChI is InChI=1S/C40H36N4O7S2/c1-4-34(38(47)43-39-35(40(48)51-5-2)31(24-52-39)26-20-18-25(3)19-21-26)53-30-16-11-15-29(23-30)41-37(46)32(42-36(45)27-12-7-6-8-13-27)22-28-14-9-10-17-33(28)44(49)50/h6-24,34H,4-5H2,1-3H3,(H,41,46)(H,42,45)(H,43,47)/b32-22+. The first-order valence-electron chi connectivity index (χ1n) is 16.6. The molecule has 0 saturated carbocycles. The van der Waals surface area contributed by atoms with Crippen molar-refractivity contribution in [3.8, 4) is 11.1 Å². The number of hydrogen-bond acceptors (Lipinski definition) is 9. The molecule has 1 aromatic heterocycles. The molecule has 13 heteroatoms. The lowest BCUT2D eigenvalue weighted by atomic mass is 10.0. The van der Waals surface area contributed by atoms with Gasteiger partial charge in [-0.3, -0.25) is 24.5 Å². The van der Waals surface area contributed by atoms with Gasteiger partial charge in [0.05, 0.1) is 22.3 Å². The summed E-state index contributed by atoms with van der Waals surface area (Å²) in [6.07, 6.45) is 1.70. The Bertz CT molecular complexity index is 2170. The Balaban J connectivity index is 1.35. The zero-order valence-electron chi connectivity index (χ0n) is 29.1. The number of thioether (sulfide) groups is 1. The van der Waals surface area contributed by atoms with E-state index in [4.69, 9.17) is 4.74 Å². The first-order valence-corrected chi connectivity index (χ1v) is 18.4. The lowest BCUT2D eigenvalue weighted by Gasteiger charge is -2.16. The zero-order chi connectivity index (χ0) is 37.9. The van der Waals surface area contributed by atoms with Crippen LogP contribution in [0.5, 0.6) is 0 Å². The van der Waals surface area contributed by atoms with Crippen LogP contribution in [0.25, 0.3) is 17.2 Å². The molecule has 11 nitrogen and oxygen atoms in total. The van der Waals surface area contributed by atoms with Gasteiger partial charge in [-0.05, 0) is 68.3 Å². The van der Waals surface area contributed by atoms with Crippen molar-refractivity contribution >= 4 is 69.2 Å². The van der Waals surface area contributed by atoms with E-state index in [1.165, 1.54) is 47.4 Å². The van der Waals surface area contributed by atoms with E-state index in [1.807, 2.05) is 43.5 Å². The van der Waals surface area contributed by atoms with Crippen LogP contribution in [0.4, 0.5) is 16.4 Å². The molecule has 0 radical (unpaired) electrons. The largest absolute Gasteiger partial charge is 0.462 e. The fourth-order valence-electron chi connectivity index (χ4n) is 5.20. The minimum Gasteiger partial charge on any atom is -0.462 e. The molecule has 0 fully saturated rings. The molecule has 5 rings (SSSR count). The minimum atomic E-state index is -0.715. The lowest BCUT2D eigenvalue weighted by Crippen LogP contribution is -2.30. The van der Waals surface area contributed by atoms with Crippen molar-refractivity contribution in [2.75, 3.05) is 17.2 Å². The molecular weight excluding hydrogens is 713 g/mol. The number of hydrogen-bond donors (Lipinski definition) is 3. The number of esters is 1. The van der Waals surface area contributed by atoms with Gasteiger partial charge in [0, 0.05) is 33.2 Å². The molecule has 1 heterocycles. The fourth-order valence-corrected chi connectivity index (χ4v) is 7.17. The van der Waals surface area contributed by atoms with Crippen LogP contribution in [0.3, 0.4) is 0 Å². The molecular formula is C40H36N4O7S2. The van der Waals surface area contributed by atoms with E-state index in [9.17, 15) is 29.3 Å². The highest BCUT2D eigenvalue weighted by Crippen LogP contribution is 2.37. The molecule has 53 heavy (non-hydrogen) atoms. The number of rotatable bonds is 14. The third-order valence-electron chi connectivity index (χ3n) is 7.87. The maximum atomic E-state index is 13.6. The Labute approximate surface area is 314 Å². The summed E-state index contributed by atoms with van der Waals surface area (Å²) in [7, 11) is 0. The van der Waals surface area contributed by atoms with E-state index in [2.05, 4.69) is 16.0 Å². The van der Waals surface area contributed by atoms with Gasteiger partial charge < -0.3 is 20.7 Å². The van der Waals surface area contributed by atoms with Gasteiger partial charge in [0.2, 0.25) is 5.91 Å². The van der Waals surface area contributed by atoms with Gasteiger partial charge >= 0.3 is 5.97 Å². The number of amides is 3. The summed E-state index contributed by atoms with van der Waals surface area (Å²) >= 11 is 2.52. The Hall–Kier alpha value is -6.05. The van der Waals surface area contributed by atoms with Crippen LogP contribution >= 0.6 is 23.1 Å². The molecule has 3 N–H and O–H groups in total. The number of carbonyl (C=O) groups is 4. The molecule has 270 valence electrons. The van der Waals surface area contributed by atoms with Crippen LogP contribution in [0, 0.1) is 17.0 Å². The quantitative estimate of drug-likeness (QED) is 0.0335. The molecule has 1 unspecified atom stereocenters. The average Bonchev–Trinajstić information content (AvgIpc) is 3.57. The molecule has 0 bridgehead atoms. The third kappa shape index (κ3) is 9.84. The summed E-state index contributed by atoms with van der Waals surface area (Å²) in [5.41, 5.74) is 3.20. The summed E-state index contributed by atoms with van der Waals surface area (Å²) in [5.74, 6) is -2.13. The number of aryl methyl sites for hydroxylation is 1. The smallest absolute Gasteiger partial charge is 0.341 e. The van der Waals surface area contributed by atoms with E-state index < -0.39 is 28.0 Å². The summed E-state index contributed by atoms with van der Waals surface area (Å²) in [6.45, 7) is 5.75. The molecule has 0 aliphatic heterocycles. The Morgan fingerprint density at radius 3 is 2.32 bits per heavy atom. The number of para-hydroxylation sites is 1. The van der Waals surface area contributed by atoms with Crippen LogP contribution < -0.4 is 16.0 Å². The number of thiophene rings is 1. The Morgan fingerprint density at radius 2 is 1.62 bits per heavy atom. The van der Waals surface area contributed by atoms with Crippen molar-refractivity contribution in [2.24, 2.45) is 0 Å². The van der Waals surface area contributed by atoms with Crippen molar-refractivity contribution in [3.63, 3.8) is 0 Å². The van der Waals surface area contributed by atoms with Crippen LogP contribution in [0.1, 0.15) is 52.1 Å². The highest BCUT2D eigenvalue weighted by atomic mass is 32.2. The van der Waals surface area contributed by atoms with Crippen LogP contribution in [-0.4, -0.2) is 40.5 Å². The fraction of sp³-hybridized carbons (Fsp3) is 0.150. The first kappa shape index (κ1) is 38.2. The number of nitrogens with zero attached hydrogens (tertiary/aromatic N) is 1. The summed E-state index contributed by atoms with van der Waals surface area (Å²) in [5, 5.41) is 21.6. The number of carbonyl (C=O) groups excluding carboxylic acids is 4. The zero-order valence-corrected chi connectivity index (χ0v) is 30.7. The maximum Gasteiger partial charge on any atom is 0.341 e. The van der Waals surface area contributed by atoms with E-state index in [-0.39, 0.29) is 29.5 Å². The number of nitrogens with one attached hydrogen (secondary N) is 3. The highest BCUT2D eigenvalue weighted by molar-refractivity contribution is 8.00. The van der Waals surface area contributed by atoms with Crippen molar-refractivity contribution in [1.29, 1.82) is 0 Å². The third-order valence-corrected chi connectivity index (χ3v) is 10.1. The molecule has 1 atom stereocenters. The second-order valence-electron chi connectivity index (χ2n) is 11.6. The Morgan fingerprint density at radius 1 is 0.906 bits per heavy atom. The molecule has 0 saturated heterocycles. The van der Waals surface area contributed by atoms with Crippen molar-refractivity contribution in [1.82, 2.24) is 5.32 Å². The normalized spacial score (nSPS) is 11.6. The average molecular weight is 749 g/mol. The van der Waals surface area contributed by atoms with E-state index in [0.717, 1.165) is 11.1 Å². The second-order valence-corrected chi connectivity index (χ2v) is 13.8. The number of nitro benzene ring substituents is 1. The Kier molecular flexibility index (Phi) is 12.9. The number of ether oxygens (including phenoxy) is 1. The minimum absolute atomic E-state index is 0.125. The van der Waals surface area contributed by atoms with Crippen LogP contribution in [0.2, 0.25) is 0 Å². The predicted octanol–water partition coefficient (Wildman–Crippen LogP) is 8.73. The van der Waals surface area contributed by atoms with Crippen LogP contribution in [0.15, 0.2) is 119 Å². The molecule has 3 amide bonds. The van der Waals surface area contributed by atoms with Crippen molar-refractivity contribution in [2.45, 2.75) is 37.3 Å². The molecule has 0 spiro atoms. The molecule has 0 aliphatic rings. The van der Waals surface area contributed by atoms with Gasteiger partial charge in [0.1, 0.15) is 16.3 Å². The first-order chi connectivity index (χ1) is 25.6. The lowest BCUT2D eigenvalue weighted by molar-refractivity contribution is -0.385. The maximum absolute atomic E-state index is 13.6. The summed E-state index contributed by atoms with van der Waals surface area (Å²) < 4.78 is 5.35. The highest BCUT2D eigenvalue weighted by Gasteiger charge is 2.26. The summed E-state index contributed by atoms with van der Waals surface area (Å²) in [6, 6.07) is 28.7.